The molecule has 0 unspecified atom stereocenters. The van der Waals surface area contributed by atoms with E-state index < -0.39 is 20.0 Å². The van der Waals surface area contributed by atoms with Gasteiger partial charge in [-0.15, -0.1) is 0 Å². The summed E-state index contributed by atoms with van der Waals surface area (Å²) < 4.78 is 48.6. The Balaban J connectivity index is 1.92. The van der Waals surface area contributed by atoms with Gasteiger partial charge in [0.25, 0.3) is 0 Å². The van der Waals surface area contributed by atoms with E-state index in [-0.39, 0.29) is 22.1 Å². The Morgan fingerprint density at radius 1 is 0.926 bits per heavy atom. The molecule has 0 aliphatic rings. The first-order chi connectivity index (χ1) is 12.6. The molecule has 0 atom stereocenters. The highest BCUT2D eigenvalue weighted by atomic mass is 32.2. The minimum atomic E-state index is -3.77. The smallest absolute Gasteiger partial charge is 0.240 e. The van der Waals surface area contributed by atoms with Gasteiger partial charge in [0.1, 0.15) is 0 Å². The largest absolute Gasteiger partial charge is 0.326 e. The summed E-state index contributed by atoms with van der Waals surface area (Å²) in [6.45, 7) is 2.01. The van der Waals surface area contributed by atoms with Gasteiger partial charge >= 0.3 is 0 Å². The summed E-state index contributed by atoms with van der Waals surface area (Å²) in [4.78, 5) is 12.2. The van der Waals surface area contributed by atoms with Crippen LogP contribution >= 0.6 is 0 Å². The zero-order valence-electron chi connectivity index (χ0n) is 14.7. The molecule has 0 aromatic heterocycles. The monoisotopic (exact) mass is 411 g/mol. The van der Waals surface area contributed by atoms with Crippen molar-refractivity contribution in [3.8, 4) is 0 Å². The Bertz CT molecular complexity index is 1000. The molecule has 0 bridgehead atoms. The molecule has 0 saturated heterocycles. The van der Waals surface area contributed by atoms with Gasteiger partial charge in [-0.25, -0.2) is 26.7 Å². The van der Waals surface area contributed by atoms with E-state index in [1.54, 1.807) is 19.1 Å². The summed E-state index contributed by atoms with van der Waals surface area (Å²) in [7, 11) is -7.27. The topological polar surface area (TPSA) is 135 Å². The van der Waals surface area contributed by atoms with Gasteiger partial charge < -0.3 is 5.32 Å². The Morgan fingerprint density at radius 3 is 2.00 bits per heavy atom. The van der Waals surface area contributed by atoms with Gasteiger partial charge in [-0.3, -0.25) is 4.79 Å². The second-order valence-corrected chi connectivity index (χ2v) is 9.09. The van der Waals surface area contributed by atoms with Crippen LogP contribution in [0, 0.1) is 0 Å². The van der Waals surface area contributed by atoms with Crippen LogP contribution in [-0.4, -0.2) is 29.3 Å². The van der Waals surface area contributed by atoms with Crippen LogP contribution in [0.5, 0.6) is 0 Å². The van der Waals surface area contributed by atoms with Crippen molar-refractivity contribution in [3.05, 3.63) is 54.1 Å². The fourth-order valence-electron chi connectivity index (χ4n) is 2.32. The van der Waals surface area contributed by atoms with Crippen molar-refractivity contribution in [2.75, 3.05) is 11.9 Å². The highest BCUT2D eigenvalue weighted by Crippen LogP contribution is 2.14. The van der Waals surface area contributed by atoms with E-state index in [9.17, 15) is 21.6 Å². The molecule has 4 N–H and O–H groups in total. The van der Waals surface area contributed by atoms with Gasteiger partial charge in [0.15, 0.2) is 0 Å². The first-order valence-electron chi connectivity index (χ1n) is 8.13. The number of nitrogens with two attached hydrogens (primary N) is 1. The van der Waals surface area contributed by atoms with E-state index in [0.717, 1.165) is 5.56 Å². The van der Waals surface area contributed by atoms with Crippen LogP contribution in [-0.2, 0) is 31.3 Å². The lowest BCUT2D eigenvalue weighted by molar-refractivity contribution is -0.116. The van der Waals surface area contributed by atoms with Crippen LogP contribution in [0.4, 0.5) is 5.69 Å². The Labute approximate surface area is 158 Å². The highest BCUT2D eigenvalue weighted by Gasteiger charge is 2.12. The normalized spacial score (nSPS) is 11.9. The summed E-state index contributed by atoms with van der Waals surface area (Å²) in [5, 5.41) is 7.68. The van der Waals surface area contributed by atoms with Gasteiger partial charge in [0.05, 0.1) is 9.79 Å². The van der Waals surface area contributed by atoms with E-state index in [1.165, 1.54) is 36.4 Å². The first-order valence-corrected chi connectivity index (χ1v) is 11.2. The van der Waals surface area contributed by atoms with Crippen molar-refractivity contribution in [3.63, 3.8) is 0 Å². The number of hydrogen-bond donors (Lipinski definition) is 3. The van der Waals surface area contributed by atoms with Crippen LogP contribution in [0.2, 0.25) is 0 Å². The zero-order chi connectivity index (χ0) is 20.1. The first kappa shape index (κ1) is 21.0. The molecule has 10 heteroatoms. The van der Waals surface area contributed by atoms with Gasteiger partial charge in [-0.1, -0.05) is 19.1 Å². The summed E-state index contributed by atoms with van der Waals surface area (Å²) in [5.41, 5.74) is 1.28. The lowest BCUT2D eigenvalue weighted by Crippen LogP contribution is -2.23. The molecule has 2 aromatic carbocycles. The molecule has 1 amide bonds. The van der Waals surface area contributed by atoms with E-state index in [1.807, 2.05) is 0 Å². The highest BCUT2D eigenvalue weighted by molar-refractivity contribution is 7.89. The maximum Gasteiger partial charge on any atom is 0.240 e. The van der Waals surface area contributed by atoms with Gasteiger partial charge in [-0.2, -0.15) is 0 Å². The van der Waals surface area contributed by atoms with Crippen LogP contribution in [0.25, 0.3) is 0 Å². The van der Waals surface area contributed by atoms with E-state index in [2.05, 4.69) is 10.0 Å². The van der Waals surface area contributed by atoms with E-state index >= 15 is 0 Å². The van der Waals surface area contributed by atoms with Crippen LogP contribution in [0.1, 0.15) is 18.9 Å². The average molecular weight is 412 g/mol. The minimum Gasteiger partial charge on any atom is -0.326 e. The number of sulfonamides is 2. The fraction of sp³-hybridized carbons (Fsp3) is 0.235. The molecule has 0 radical (unpaired) electrons. The molecular formula is C17H21N3O5S2. The van der Waals surface area contributed by atoms with E-state index in [0.29, 0.717) is 18.7 Å². The number of hydrogen-bond acceptors (Lipinski definition) is 5. The van der Waals surface area contributed by atoms with E-state index in [4.69, 9.17) is 5.14 Å². The van der Waals surface area contributed by atoms with Crippen LogP contribution in [0.3, 0.4) is 0 Å². The number of aryl methyl sites for hydroxylation is 1. The summed E-state index contributed by atoms with van der Waals surface area (Å²) in [5.74, 6) is -0.247. The Morgan fingerprint density at radius 2 is 1.48 bits per heavy atom. The second-order valence-electron chi connectivity index (χ2n) is 5.76. The molecule has 0 heterocycles. The molecule has 0 spiro atoms. The number of rotatable bonds is 8. The van der Waals surface area contributed by atoms with Crippen molar-refractivity contribution in [1.29, 1.82) is 0 Å². The number of benzene rings is 2. The van der Waals surface area contributed by atoms with Gasteiger partial charge in [0, 0.05) is 18.7 Å². The van der Waals surface area contributed by atoms with Crippen molar-refractivity contribution in [1.82, 2.24) is 4.72 Å². The Hall–Kier alpha value is -2.27. The number of carbonyl (C=O) groups excluding carboxylic acids is 1. The maximum absolute atomic E-state index is 12.0. The number of amides is 1. The SMILES string of the molecule is CCNS(=O)(=O)c1ccc(CCC(=O)Nc2ccc(S(N)(=O)=O)cc2)cc1. The van der Waals surface area contributed by atoms with Crippen molar-refractivity contribution in [2.45, 2.75) is 29.6 Å². The molecule has 27 heavy (non-hydrogen) atoms. The lowest BCUT2D eigenvalue weighted by Gasteiger charge is -2.07. The lowest BCUT2D eigenvalue weighted by atomic mass is 10.1. The predicted octanol–water partition coefficient (Wildman–Crippen LogP) is 1.20. The van der Waals surface area contributed by atoms with Crippen LogP contribution in [0.15, 0.2) is 58.3 Å². The molecule has 146 valence electrons. The van der Waals surface area contributed by atoms with Crippen molar-refractivity contribution in [2.24, 2.45) is 5.14 Å². The molecule has 0 aliphatic carbocycles. The zero-order valence-corrected chi connectivity index (χ0v) is 16.3. The third kappa shape index (κ3) is 6.14. The number of anilines is 1. The standard InChI is InChI=1S/C17H21N3O5S2/c1-2-19-27(24,25)16-8-3-13(4-9-16)5-12-17(21)20-14-6-10-15(11-7-14)26(18,22)23/h3-4,6-11,19H,2,5,12H2,1H3,(H,20,21)(H2,18,22,23). The quantitative estimate of drug-likeness (QED) is 0.600. The Kier molecular flexibility index (Phi) is 6.71. The summed E-state index contributed by atoms with van der Waals surface area (Å²) >= 11 is 0. The molecular weight excluding hydrogens is 390 g/mol. The number of primary sulfonamides is 1. The third-order valence-corrected chi connectivity index (χ3v) is 6.17. The molecule has 8 nitrogen and oxygen atoms in total. The molecule has 0 aliphatic heterocycles. The molecule has 2 rings (SSSR count). The number of carbonyl (C=O) groups is 1. The molecule has 2 aromatic rings. The van der Waals surface area contributed by atoms with Crippen molar-refractivity contribution >= 4 is 31.6 Å². The fourth-order valence-corrected chi connectivity index (χ4v) is 3.87. The molecule has 0 saturated carbocycles. The minimum absolute atomic E-state index is 0.0342. The average Bonchev–Trinajstić information content (AvgIpc) is 2.60. The number of nitrogens with one attached hydrogen (secondary N) is 2. The predicted molar refractivity (Wildman–Crippen MR) is 102 cm³/mol. The van der Waals surface area contributed by atoms with Gasteiger partial charge in [0.2, 0.25) is 26.0 Å². The second kappa shape index (κ2) is 8.61. The maximum atomic E-state index is 12.0. The molecule has 0 fully saturated rings. The van der Waals surface area contributed by atoms with Crippen molar-refractivity contribution < 1.29 is 21.6 Å². The van der Waals surface area contributed by atoms with Crippen LogP contribution < -0.4 is 15.2 Å². The summed E-state index contributed by atoms with van der Waals surface area (Å²) in [6, 6.07) is 11.9. The van der Waals surface area contributed by atoms with Gasteiger partial charge in [-0.05, 0) is 48.4 Å². The summed E-state index contributed by atoms with van der Waals surface area (Å²) in [6.07, 6.45) is 0.624. The third-order valence-electron chi connectivity index (χ3n) is 3.68.